The van der Waals surface area contributed by atoms with Crippen molar-refractivity contribution >= 4 is 6.29 Å². The molecule has 2 nitrogen and oxygen atoms in total. The lowest BCUT2D eigenvalue weighted by atomic mass is 9.94. The van der Waals surface area contributed by atoms with Gasteiger partial charge in [-0.05, 0) is 31.3 Å². The monoisotopic (exact) mass is 156 g/mol. The topological polar surface area (TPSA) is 37.3 Å². The molecule has 64 valence electrons. The quantitative estimate of drug-likeness (QED) is 0.484. The summed E-state index contributed by atoms with van der Waals surface area (Å²) in [6.45, 7) is 4.03. The van der Waals surface area contributed by atoms with E-state index in [1.54, 1.807) is 0 Å². The van der Waals surface area contributed by atoms with E-state index >= 15 is 0 Å². The fourth-order valence-corrected chi connectivity index (χ4v) is 1.16. The molecule has 11 heavy (non-hydrogen) atoms. The van der Waals surface area contributed by atoms with Crippen molar-refractivity contribution in [3.05, 3.63) is 11.6 Å². The van der Waals surface area contributed by atoms with E-state index < -0.39 is 0 Å². The molecule has 0 fully saturated rings. The number of aliphatic hydroxyl groups is 1. The van der Waals surface area contributed by atoms with Crippen molar-refractivity contribution in [1.82, 2.24) is 0 Å². The van der Waals surface area contributed by atoms with Crippen molar-refractivity contribution in [2.75, 3.05) is 6.61 Å². The largest absolute Gasteiger partial charge is 0.396 e. The normalized spacial score (nSPS) is 14.6. The van der Waals surface area contributed by atoms with Crippen molar-refractivity contribution in [3.63, 3.8) is 0 Å². The number of aliphatic hydroxyl groups excluding tert-OH is 1. The van der Waals surface area contributed by atoms with Crippen LogP contribution in [-0.2, 0) is 4.79 Å². The van der Waals surface area contributed by atoms with Gasteiger partial charge in [0, 0.05) is 6.61 Å². The zero-order chi connectivity index (χ0) is 8.69. The van der Waals surface area contributed by atoms with Gasteiger partial charge in [0.2, 0.25) is 0 Å². The van der Waals surface area contributed by atoms with Crippen molar-refractivity contribution in [2.24, 2.45) is 5.92 Å². The van der Waals surface area contributed by atoms with Crippen LogP contribution in [0.1, 0.15) is 26.7 Å². The number of hydrogen-bond donors (Lipinski definition) is 1. The maximum atomic E-state index is 10.5. The summed E-state index contributed by atoms with van der Waals surface area (Å²) in [5.74, 6) is 0.238. The highest BCUT2D eigenvalue weighted by molar-refractivity contribution is 5.73. The summed E-state index contributed by atoms with van der Waals surface area (Å²) in [6, 6.07) is 0. The third-order valence-electron chi connectivity index (χ3n) is 1.91. The van der Waals surface area contributed by atoms with Gasteiger partial charge in [0.1, 0.15) is 6.29 Å². The minimum Gasteiger partial charge on any atom is -0.396 e. The lowest BCUT2D eigenvalue weighted by Gasteiger charge is -2.11. The average molecular weight is 156 g/mol. The third kappa shape index (κ3) is 3.33. The Morgan fingerprint density at radius 2 is 2.27 bits per heavy atom. The van der Waals surface area contributed by atoms with Crippen LogP contribution in [-0.4, -0.2) is 18.0 Å². The minimum absolute atomic E-state index is 0.156. The molecule has 0 spiro atoms. The van der Waals surface area contributed by atoms with Crippen LogP contribution in [0.2, 0.25) is 0 Å². The molecule has 0 saturated heterocycles. The number of carbonyl (C=O) groups is 1. The SMILES string of the molecule is C/C=C(/C=O)C(CC)CCO. The molecule has 0 rings (SSSR count). The van der Waals surface area contributed by atoms with Crippen LogP contribution in [0.25, 0.3) is 0 Å². The highest BCUT2D eigenvalue weighted by Crippen LogP contribution is 2.16. The number of hydrogen-bond acceptors (Lipinski definition) is 2. The molecule has 2 heteroatoms. The average Bonchev–Trinajstić information content (AvgIpc) is 2.05. The van der Waals surface area contributed by atoms with E-state index in [9.17, 15) is 4.79 Å². The second-order valence-corrected chi connectivity index (χ2v) is 2.52. The van der Waals surface area contributed by atoms with Crippen molar-refractivity contribution in [2.45, 2.75) is 26.7 Å². The second kappa shape index (κ2) is 6.10. The van der Waals surface area contributed by atoms with Gasteiger partial charge in [0.05, 0.1) is 0 Å². The molecule has 0 aromatic carbocycles. The van der Waals surface area contributed by atoms with Crippen molar-refractivity contribution < 1.29 is 9.90 Å². The van der Waals surface area contributed by atoms with Crippen LogP contribution in [0, 0.1) is 5.92 Å². The molecule has 0 amide bonds. The van der Waals surface area contributed by atoms with Gasteiger partial charge in [-0.3, -0.25) is 4.79 Å². The molecule has 0 aliphatic rings. The first kappa shape index (κ1) is 10.4. The molecule has 1 atom stereocenters. The number of aldehydes is 1. The minimum atomic E-state index is 0.156. The summed E-state index contributed by atoms with van der Waals surface area (Å²) < 4.78 is 0. The van der Waals surface area contributed by atoms with E-state index in [-0.39, 0.29) is 12.5 Å². The maximum absolute atomic E-state index is 10.5. The molecule has 1 unspecified atom stereocenters. The van der Waals surface area contributed by atoms with Crippen molar-refractivity contribution in [1.29, 1.82) is 0 Å². The van der Waals surface area contributed by atoms with E-state index in [1.807, 2.05) is 19.9 Å². The Morgan fingerprint density at radius 3 is 2.55 bits per heavy atom. The molecule has 0 bridgehead atoms. The predicted octanol–water partition coefficient (Wildman–Crippen LogP) is 1.54. The van der Waals surface area contributed by atoms with Crippen LogP contribution in [0.3, 0.4) is 0 Å². The van der Waals surface area contributed by atoms with Gasteiger partial charge >= 0.3 is 0 Å². The summed E-state index contributed by atoms with van der Waals surface area (Å²) >= 11 is 0. The summed E-state index contributed by atoms with van der Waals surface area (Å²) in [4.78, 5) is 10.5. The Hall–Kier alpha value is -0.630. The summed E-state index contributed by atoms with van der Waals surface area (Å²) in [5, 5.41) is 8.66. The zero-order valence-corrected chi connectivity index (χ0v) is 7.21. The van der Waals surface area contributed by atoms with Gasteiger partial charge in [-0.2, -0.15) is 0 Å². The fourth-order valence-electron chi connectivity index (χ4n) is 1.16. The third-order valence-corrected chi connectivity index (χ3v) is 1.91. The first-order chi connectivity index (χ1) is 5.29. The van der Waals surface area contributed by atoms with Crippen LogP contribution >= 0.6 is 0 Å². The molecular weight excluding hydrogens is 140 g/mol. The van der Waals surface area contributed by atoms with E-state index in [0.717, 1.165) is 18.3 Å². The molecule has 0 aliphatic carbocycles. The van der Waals surface area contributed by atoms with Crippen molar-refractivity contribution in [3.8, 4) is 0 Å². The first-order valence-corrected chi connectivity index (χ1v) is 4.02. The smallest absolute Gasteiger partial charge is 0.145 e. The van der Waals surface area contributed by atoms with E-state index in [4.69, 9.17) is 5.11 Å². The Morgan fingerprint density at radius 1 is 1.64 bits per heavy atom. The zero-order valence-electron chi connectivity index (χ0n) is 7.21. The summed E-state index contributed by atoms with van der Waals surface area (Å²) in [5.41, 5.74) is 0.807. The Kier molecular flexibility index (Phi) is 5.75. The predicted molar refractivity (Wildman–Crippen MR) is 45.3 cm³/mol. The Bertz CT molecular complexity index is 138. The van der Waals surface area contributed by atoms with Gasteiger partial charge in [0.25, 0.3) is 0 Å². The van der Waals surface area contributed by atoms with E-state index in [1.165, 1.54) is 0 Å². The lowest BCUT2D eigenvalue weighted by Crippen LogP contribution is -2.06. The number of rotatable bonds is 5. The number of allylic oxidation sites excluding steroid dienone is 2. The fraction of sp³-hybridized carbons (Fsp3) is 0.667. The second-order valence-electron chi connectivity index (χ2n) is 2.52. The first-order valence-electron chi connectivity index (χ1n) is 4.02. The van der Waals surface area contributed by atoms with Crippen LogP contribution in [0.5, 0.6) is 0 Å². The van der Waals surface area contributed by atoms with Gasteiger partial charge in [0.15, 0.2) is 0 Å². The number of carbonyl (C=O) groups excluding carboxylic acids is 1. The molecule has 0 aromatic heterocycles. The highest BCUT2D eigenvalue weighted by atomic mass is 16.3. The lowest BCUT2D eigenvalue weighted by molar-refractivity contribution is -0.105. The Labute approximate surface area is 67.9 Å². The molecule has 1 N–H and O–H groups in total. The molecule has 0 aromatic rings. The van der Waals surface area contributed by atoms with Crippen LogP contribution < -0.4 is 0 Å². The Balaban J connectivity index is 4.09. The maximum Gasteiger partial charge on any atom is 0.145 e. The van der Waals surface area contributed by atoms with E-state index in [2.05, 4.69) is 0 Å². The van der Waals surface area contributed by atoms with Crippen LogP contribution in [0.15, 0.2) is 11.6 Å². The van der Waals surface area contributed by atoms with Gasteiger partial charge < -0.3 is 5.11 Å². The molecular formula is C9H16O2. The van der Waals surface area contributed by atoms with E-state index in [0.29, 0.717) is 6.42 Å². The highest BCUT2D eigenvalue weighted by Gasteiger charge is 2.09. The van der Waals surface area contributed by atoms with Crippen LogP contribution in [0.4, 0.5) is 0 Å². The molecule has 0 heterocycles. The summed E-state index contributed by atoms with van der Waals surface area (Å²) in [6.07, 6.45) is 4.30. The summed E-state index contributed by atoms with van der Waals surface area (Å²) in [7, 11) is 0. The van der Waals surface area contributed by atoms with Gasteiger partial charge in [-0.1, -0.05) is 13.0 Å². The van der Waals surface area contributed by atoms with Gasteiger partial charge in [-0.25, -0.2) is 0 Å². The molecule has 0 saturated carbocycles. The molecule has 0 radical (unpaired) electrons. The molecule has 0 aliphatic heterocycles. The van der Waals surface area contributed by atoms with Gasteiger partial charge in [-0.15, -0.1) is 0 Å². The standard InChI is InChI=1S/C9H16O2/c1-3-8(5-6-10)9(4-2)7-11/h4,7-8,10H,3,5-6H2,1-2H3/b9-4-.